The Morgan fingerprint density at radius 2 is 1.89 bits per heavy atom. The summed E-state index contributed by atoms with van der Waals surface area (Å²) >= 11 is 0. The summed E-state index contributed by atoms with van der Waals surface area (Å²) in [6, 6.07) is 0. The Bertz CT molecular complexity index is 574. The van der Waals surface area contributed by atoms with Crippen molar-refractivity contribution in [1.82, 2.24) is 10.2 Å². The maximum atomic E-state index is 12.7. The Kier molecular flexibility index (Phi) is 8.04. The van der Waals surface area contributed by atoms with Crippen molar-refractivity contribution in [2.45, 2.75) is 78.0 Å². The fourth-order valence-corrected chi connectivity index (χ4v) is 3.46. The number of amides is 1. The highest BCUT2D eigenvalue weighted by molar-refractivity contribution is 5.98. The molecule has 0 saturated carbocycles. The molecule has 1 atom stereocenters. The summed E-state index contributed by atoms with van der Waals surface area (Å²) in [5, 5.41) is 21.1. The molecule has 2 rings (SSSR count). The molecule has 0 spiro atoms. The summed E-state index contributed by atoms with van der Waals surface area (Å²) in [5.41, 5.74) is -1.12. The van der Waals surface area contributed by atoms with Gasteiger partial charge in [0.1, 0.15) is 0 Å². The topological polar surface area (TPSA) is 94.9 Å². The van der Waals surface area contributed by atoms with Gasteiger partial charge in [-0.3, -0.25) is 15.0 Å². The number of rotatable bonds is 8. The number of carbonyl (C=O) groups is 1. The zero-order chi connectivity index (χ0) is 20.8. The van der Waals surface area contributed by atoms with Gasteiger partial charge in [0.15, 0.2) is 12.2 Å². The lowest BCUT2D eigenvalue weighted by Crippen LogP contribution is -2.56. The molecule has 0 aromatic carbocycles. The molecule has 2 aliphatic heterocycles. The van der Waals surface area contributed by atoms with Gasteiger partial charge in [-0.15, -0.1) is 0 Å². The van der Waals surface area contributed by atoms with Crippen molar-refractivity contribution in [2.24, 2.45) is 5.41 Å². The maximum Gasteiger partial charge on any atom is 0.246 e. The first-order chi connectivity index (χ1) is 13.1. The van der Waals surface area contributed by atoms with Gasteiger partial charge in [0.25, 0.3) is 0 Å². The first-order valence-electron chi connectivity index (χ1n) is 10.4. The van der Waals surface area contributed by atoms with Crippen LogP contribution in [0.5, 0.6) is 0 Å². The lowest BCUT2D eigenvalue weighted by Gasteiger charge is -2.39. The lowest BCUT2D eigenvalue weighted by atomic mass is 9.88. The van der Waals surface area contributed by atoms with Crippen LogP contribution in [0, 0.1) is 10.8 Å². The minimum Gasteiger partial charge on any atom is -0.494 e. The number of carbonyl (C=O) groups excluding carboxylic acids is 1. The fourth-order valence-electron chi connectivity index (χ4n) is 3.46. The molecule has 7 heteroatoms. The van der Waals surface area contributed by atoms with E-state index in [0.717, 1.165) is 45.2 Å². The number of ether oxygens (including phenoxy) is 2. The maximum absolute atomic E-state index is 12.7. The van der Waals surface area contributed by atoms with Crippen LogP contribution < -0.4 is 5.32 Å². The second-order valence-corrected chi connectivity index (χ2v) is 9.00. The van der Waals surface area contributed by atoms with Crippen LogP contribution in [0.4, 0.5) is 0 Å². The van der Waals surface area contributed by atoms with E-state index < -0.39 is 11.0 Å². The Morgan fingerprint density at radius 1 is 1.21 bits per heavy atom. The molecule has 0 aliphatic carbocycles. The normalized spacial score (nSPS) is 22.7. The van der Waals surface area contributed by atoms with E-state index >= 15 is 0 Å². The second-order valence-electron chi connectivity index (χ2n) is 9.00. The highest BCUT2D eigenvalue weighted by Crippen LogP contribution is 2.23. The molecule has 28 heavy (non-hydrogen) atoms. The number of piperidine rings is 1. The van der Waals surface area contributed by atoms with Gasteiger partial charge in [0, 0.05) is 23.8 Å². The zero-order valence-electron chi connectivity index (χ0n) is 17.8. The molecule has 0 aromatic heterocycles. The molecule has 2 heterocycles. The molecule has 2 aliphatic rings. The quantitative estimate of drug-likeness (QED) is 0.433. The smallest absolute Gasteiger partial charge is 0.246 e. The van der Waals surface area contributed by atoms with Crippen LogP contribution in [-0.2, 0) is 14.3 Å². The molecule has 1 unspecified atom stereocenters. The van der Waals surface area contributed by atoms with Crippen LogP contribution >= 0.6 is 0 Å². The Labute approximate surface area is 169 Å². The molecular weight excluding hydrogens is 358 g/mol. The van der Waals surface area contributed by atoms with Crippen LogP contribution in [0.2, 0.25) is 0 Å². The van der Waals surface area contributed by atoms with E-state index in [2.05, 4.69) is 10.2 Å². The van der Waals surface area contributed by atoms with E-state index in [1.165, 1.54) is 12.5 Å². The van der Waals surface area contributed by atoms with E-state index in [-0.39, 0.29) is 23.8 Å². The predicted molar refractivity (Wildman–Crippen MR) is 109 cm³/mol. The average Bonchev–Trinajstić information content (AvgIpc) is 2.67. The third-order valence-corrected chi connectivity index (χ3v) is 5.72. The van der Waals surface area contributed by atoms with Crippen LogP contribution in [0.1, 0.15) is 66.2 Å². The number of nitrogens with one attached hydrogen (secondary N) is 2. The number of aliphatic hydroxyl groups excluding tert-OH is 1. The predicted octanol–water partition coefficient (Wildman–Crippen LogP) is 3.36. The molecule has 160 valence electrons. The lowest BCUT2D eigenvalue weighted by molar-refractivity contribution is -0.171. The molecule has 3 N–H and O–H groups in total. The Morgan fingerprint density at radius 3 is 2.50 bits per heavy atom. The highest BCUT2D eigenvalue weighted by Gasteiger charge is 2.35. The summed E-state index contributed by atoms with van der Waals surface area (Å²) in [7, 11) is 0. The molecule has 2 saturated heterocycles. The number of hydrogen-bond acceptors (Lipinski definition) is 6. The summed E-state index contributed by atoms with van der Waals surface area (Å²) < 4.78 is 11.4. The van der Waals surface area contributed by atoms with Crippen molar-refractivity contribution >= 4 is 11.6 Å². The van der Waals surface area contributed by atoms with E-state index in [0.29, 0.717) is 13.2 Å². The fraction of sp³-hybridized carbons (Fsp3) is 0.810. The third kappa shape index (κ3) is 6.29. The van der Waals surface area contributed by atoms with E-state index in [4.69, 9.17) is 14.9 Å². The Hall–Kier alpha value is -1.44. The highest BCUT2D eigenvalue weighted by atomic mass is 16.7. The minimum absolute atomic E-state index is 0.192. The van der Waals surface area contributed by atoms with E-state index in [1.54, 1.807) is 0 Å². The number of allylic oxidation sites excluding steroid dienone is 1. The third-order valence-electron chi connectivity index (χ3n) is 5.72. The standard InChI is InChI=1S/C21H37N3O4/c1-20(2,15-28-18-10-6-9-13-27-18)16(22)14-17(25)23-19(26)21(3,4)24-11-7-5-8-12-24/h14,18,22,25H,5-13,15H2,1-4H3,(H,23,26)/b17-14-,22-16?. The number of nitrogens with zero attached hydrogens (tertiary/aromatic N) is 1. The number of likely N-dealkylation sites (tertiary alicyclic amines) is 1. The summed E-state index contributed by atoms with van der Waals surface area (Å²) in [6.45, 7) is 10.3. The largest absolute Gasteiger partial charge is 0.494 e. The van der Waals surface area contributed by atoms with Crippen molar-refractivity contribution < 1.29 is 19.4 Å². The molecule has 0 radical (unpaired) electrons. The molecular formula is C21H37N3O4. The van der Waals surface area contributed by atoms with Crippen molar-refractivity contribution in [1.29, 1.82) is 5.41 Å². The van der Waals surface area contributed by atoms with Crippen molar-refractivity contribution in [3.05, 3.63) is 12.0 Å². The van der Waals surface area contributed by atoms with Crippen molar-refractivity contribution in [2.75, 3.05) is 26.3 Å². The first-order valence-corrected chi connectivity index (χ1v) is 10.4. The minimum atomic E-state index is -0.707. The monoisotopic (exact) mass is 395 g/mol. The van der Waals surface area contributed by atoms with Crippen LogP contribution in [0.3, 0.4) is 0 Å². The second kappa shape index (κ2) is 9.85. The SMILES string of the molecule is CC(C)(COC1CCCCO1)C(=N)/C=C(\O)NC(=O)C(C)(C)N1CCCCC1. The van der Waals surface area contributed by atoms with Gasteiger partial charge in [-0.05, 0) is 59.0 Å². The molecule has 0 aromatic rings. The number of aliphatic hydroxyl groups is 1. The zero-order valence-corrected chi connectivity index (χ0v) is 17.8. The molecule has 1 amide bonds. The van der Waals surface area contributed by atoms with Gasteiger partial charge >= 0.3 is 0 Å². The van der Waals surface area contributed by atoms with Crippen LogP contribution in [0.25, 0.3) is 0 Å². The van der Waals surface area contributed by atoms with Gasteiger partial charge in [-0.1, -0.05) is 20.3 Å². The van der Waals surface area contributed by atoms with Gasteiger partial charge < -0.3 is 20.0 Å². The average molecular weight is 396 g/mol. The molecule has 0 bridgehead atoms. The van der Waals surface area contributed by atoms with E-state index in [1.807, 2.05) is 27.7 Å². The van der Waals surface area contributed by atoms with Gasteiger partial charge in [0.05, 0.1) is 12.1 Å². The first kappa shape index (κ1) is 22.8. The van der Waals surface area contributed by atoms with Gasteiger partial charge in [-0.25, -0.2) is 0 Å². The van der Waals surface area contributed by atoms with Gasteiger partial charge in [-0.2, -0.15) is 0 Å². The molecule has 7 nitrogen and oxygen atoms in total. The number of hydrogen-bond donors (Lipinski definition) is 3. The van der Waals surface area contributed by atoms with Gasteiger partial charge in [0.2, 0.25) is 5.91 Å². The summed E-state index contributed by atoms with van der Waals surface area (Å²) in [5.74, 6) is -0.567. The van der Waals surface area contributed by atoms with Crippen LogP contribution in [0.15, 0.2) is 12.0 Å². The van der Waals surface area contributed by atoms with Crippen LogP contribution in [-0.4, -0.2) is 59.8 Å². The van der Waals surface area contributed by atoms with Crippen molar-refractivity contribution in [3.63, 3.8) is 0 Å². The molecule has 2 fully saturated rings. The van der Waals surface area contributed by atoms with E-state index in [9.17, 15) is 9.90 Å². The summed E-state index contributed by atoms with van der Waals surface area (Å²) in [4.78, 5) is 14.8. The summed E-state index contributed by atoms with van der Waals surface area (Å²) in [6.07, 6.45) is 7.46. The van der Waals surface area contributed by atoms with Crippen molar-refractivity contribution in [3.8, 4) is 0 Å². The Balaban J connectivity index is 1.89.